The standard InChI is InChI=1S/C15H24N4.HI/c1-2-13-7-8-17-14(11-13)12-18-15(16)19-9-5-3-4-6-10-19;/h7-8,11H,2-6,9-10,12H2,1H3,(H2,16,18);1H. The molecular formula is C15H25IN4. The minimum Gasteiger partial charge on any atom is -0.370 e. The molecule has 0 bridgehead atoms. The van der Waals surface area contributed by atoms with Crippen LogP contribution in [0.5, 0.6) is 0 Å². The quantitative estimate of drug-likeness (QED) is 0.492. The van der Waals surface area contributed by atoms with Crippen LogP contribution in [0.4, 0.5) is 0 Å². The Morgan fingerprint density at radius 1 is 1.30 bits per heavy atom. The minimum atomic E-state index is 0. The summed E-state index contributed by atoms with van der Waals surface area (Å²) in [6.07, 6.45) is 7.94. The van der Waals surface area contributed by atoms with Crippen LogP contribution in [-0.2, 0) is 13.0 Å². The van der Waals surface area contributed by atoms with Gasteiger partial charge < -0.3 is 10.6 Å². The number of hydrogen-bond donors (Lipinski definition) is 1. The second-order valence-electron chi connectivity index (χ2n) is 5.08. The van der Waals surface area contributed by atoms with E-state index in [1.54, 1.807) is 0 Å². The first kappa shape index (κ1) is 17.2. The Bertz CT molecular complexity index is 426. The molecule has 0 spiro atoms. The first-order valence-electron chi connectivity index (χ1n) is 7.28. The molecule has 4 nitrogen and oxygen atoms in total. The molecule has 5 heteroatoms. The van der Waals surface area contributed by atoms with Crippen LogP contribution in [0.1, 0.15) is 43.9 Å². The zero-order valence-electron chi connectivity index (χ0n) is 12.2. The molecule has 0 aliphatic carbocycles. The van der Waals surface area contributed by atoms with Crippen molar-refractivity contribution in [2.24, 2.45) is 10.7 Å². The van der Waals surface area contributed by atoms with Crippen LogP contribution in [0, 0.1) is 0 Å². The zero-order valence-corrected chi connectivity index (χ0v) is 14.5. The summed E-state index contributed by atoms with van der Waals surface area (Å²) in [6.45, 7) is 4.81. The van der Waals surface area contributed by atoms with Gasteiger partial charge in [-0.15, -0.1) is 24.0 Å². The van der Waals surface area contributed by atoms with E-state index in [4.69, 9.17) is 5.73 Å². The van der Waals surface area contributed by atoms with Crippen molar-refractivity contribution in [1.82, 2.24) is 9.88 Å². The Morgan fingerprint density at radius 2 is 2.00 bits per heavy atom. The van der Waals surface area contributed by atoms with Crippen LogP contribution in [0.15, 0.2) is 23.3 Å². The van der Waals surface area contributed by atoms with E-state index in [0.717, 1.165) is 25.2 Å². The van der Waals surface area contributed by atoms with Crippen LogP contribution in [0.25, 0.3) is 0 Å². The van der Waals surface area contributed by atoms with Gasteiger partial charge in [-0.05, 0) is 37.0 Å². The second-order valence-corrected chi connectivity index (χ2v) is 5.08. The summed E-state index contributed by atoms with van der Waals surface area (Å²) in [5.74, 6) is 0.672. The SMILES string of the molecule is CCc1ccnc(CN=C(N)N2CCCCCC2)c1.I. The largest absolute Gasteiger partial charge is 0.370 e. The van der Waals surface area contributed by atoms with Crippen molar-refractivity contribution in [3.8, 4) is 0 Å². The maximum absolute atomic E-state index is 6.08. The molecule has 2 N–H and O–H groups in total. The molecule has 1 aliphatic rings. The predicted octanol–water partition coefficient (Wildman–Crippen LogP) is 2.95. The molecule has 0 amide bonds. The fourth-order valence-corrected chi connectivity index (χ4v) is 2.40. The van der Waals surface area contributed by atoms with Gasteiger partial charge in [0.25, 0.3) is 0 Å². The fraction of sp³-hybridized carbons (Fsp3) is 0.600. The fourth-order valence-electron chi connectivity index (χ4n) is 2.40. The summed E-state index contributed by atoms with van der Waals surface area (Å²) in [5, 5.41) is 0. The normalized spacial score (nSPS) is 16.4. The molecule has 112 valence electrons. The lowest BCUT2D eigenvalue weighted by Gasteiger charge is -2.21. The first-order valence-corrected chi connectivity index (χ1v) is 7.28. The Kier molecular flexibility index (Phi) is 7.87. The number of hydrogen-bond acceptors (Lipinski definition) is 2. The highest BCUT2D eigenvalue weighted by atomic mass is 127. The van der Waals surface area contributed by atoms with Gasteiger partial charge in [-0.3, -0.25) is 4.98 Å². The maximum Gasteiger partial charge on any atom is 0.191 e. The van der Waals surface area contributed by atoms with Gasteiger partial charge in [0.1, 0.15) is 0 Å². The molecule has 0 aromatic carbocycles. The van der Waals surface area contributed by atoms with Crippen LogP contribution >= 0.6 is 24.0 Å². The second kappa shape index (κ2) is 9.15. The van der Waals surface area contributed by atoms with Crippen LogP contribution in [0.2, 0.25) is 0 Å². The van der Waals surface area contributed by atoms with Gasteiger partial charge in [0.15, 0.2) is 5.96 Å². The summed E-state index contributed by atoms with van der Waals surface area (Å²) in [5.41, 5.74) is 8.38. The van der Waals surface area contributed by atoms with Crippen LogP contribution < -0.4 is 5.73 Å². The zero-order chi connectivity index (χ0) is 13.5. The smallest absolute Gasteiger partial charge is 0.191 e. The van der Waals surface area contributed by atoms with Crippen molar-refractivity contribution in [1.29, 1.82) is 0 Å². The van der Waals surface area contributed by atoms with Gasteiger partial charge in [0.2, 0.25) is 0 Å². The van der Waals surface area contributed by atoms with Crippen molar-refractivity contribution in [2.45, 2.75) is 45.6 Å². The summed E-state index contributed by atoms with van der Waals surface area (Å²) in [6, 6.07) is 4.16. The number of aromatic nitrogens is 1. The number of likely N-dealkylation sites (tertiary alicyclic amines) is 1. The van der Waals surface area contributed by atoms with Crippen molar-refractivity contribution in [2.75, 3.05) is 13.1 Å². The van der Waals surface area contributed by atoms with Crippen molar-refractivity contribution >= 4 is 29.9 Å². The van der Waals surface area contributed by atoms with Gasteiger partial charge in [-0.25, -0.2) is 4.99 Å². The summed E-state index contributed by atoms with van der Waals surface area (Å²) in [4.78, 5) is 11.0. The summed E-state index contributed by atoms with van der Waals surface area (Å²) >= 11 is 0. The molecule has 1 saturated heterocycles. The third-order valence-corrected chi connectivity index (χ3v) is 3.62. The monoisotopic (exact) mass is 388 g/mol. The van der Waals surface area contributed by atoms with E-state index in [1.807, 2.05) is 12.3 Å². The number of rotatable bonds is 3. The minimum absolute atomic E-state index is 0. The Morgan fingerprint density at radius 3 is 2.65 bits per heavy atom. The number of nitrogens with zero attached hydrogens (tertiary/aromatic N) is 3. The molecule has 2 rings (SSSR count). The lowest BCUT2D eigenvalue weighted by atomic mass is 10.2. The molecule has 1 aromatic heterocycles. The van der Waals surface area contributed by atoms with Gasteiger partial charge >= 0.3 is 0 Å². The predicted molar refractivity (Wildman–Crippen MR) is 94.4 cm³/mol. The lowest BCUT2D eigenvalue weighted by molar-refractivity contribution is 0.428. The van der Waals surface area contributed by atoms with Crippen molar-refractivity contribution in [3.63, 3.8) is 0 Å². The van der Waals surface area contributed by atoms with E-state index in [0.29, 0.717) is 12.5 Å². The van der Waals surface area contributed by atoms with E-state index in [2.05, 4.69) is 27.9 Å². The molecule has 0 atom stereocenters. The van der Waals surface area contributed by atoms with E-state index in [-0.39, 0.29) is 24.0 Å². The van der Waals surface area contributed by atoms with E-state index < -0.39 is 0 Å². The van der Waals surface area contributed by atoms with E-state index in [9.17, 15) is 0 Å². The van der Waals surface area contributed by atoms with Crippen LogP contribution in [0.3, 0.4) is 0 Å². The third-order valence-electron chi connectivity index (χ3n) is 3.62. The lowest BCUT2D eigenvalue weighted by Crippen LogP contribution is -2.38. The molecule has 1 aromatic rings. The topological polar surface area (TPSA) is 54.5 Å². The number of aryl methyl sites for hydroxylation is 1. The highest BCUT2D eigenvalue weighted by molar-refractivity contribution is 14.0. The highest BCUT2D eigenvalue weighted by Gasteiger charge is 2.10. The van der Waals surface area contributed by atoms with Crippen LogP contribution in [-0.4, -0.2) is 28.9 Å². The number of nitrogens with two attached hydrogens (primary N) is 1. The summed E-state index contributed by atoms with van der Waals surface area (Å²) < 4.78 is 0. The number of pyridine rings is 1. The Balaban J connectivity index is 0.00000200. The van der Waals surface area contributed by atoms with Gasteiger partial charge in [-0.1, -0.05) is 19.8 Å². The maximum atomic E-state index is 6.08. The van der Waals surface area contributed by atoms with E-state index >= 15 is 0 Å². The molecule has 0 saturated carbocycles. The van der Waals surface area contributed by atoms with Gasteiger partial charge in [-0.2, -0.15) is 0 Å². The average molecular weight is 388 g/mol. The molecule has 0 unspecified atom stereocenters. The number of aliphatic imine (C=N–C) groups is 1. The van der Waals surface area contributed by atoms with Gasteiger partial charge in [0, 0.05) is 19.3 Å². The number of halogens is 1. The number of guanidine groups is 1. The molecule has 20 heavy (non-hydrogen) atoms. The summed E-state index contributed by atoms with van der Waals surface area (Å²) in [7, 11) is 0. The Labute approximate surface area is 138 Å². The molecule has 1 fully saturated rings. The third kappa shape index (κ3) is 5.26. The van der Waals surface area contributed by atoms with E-state index in [1.165, 1.54) is 31.2 Å². The molecule has 0 radical (unpaired) electrons. The Hall–Kier alpha value is -0.850. The first-order chi connectivity index (χ1) is 9.29. The molecular weight excluding hydrogens is 363 g/mol. The average Bonchev–Trinajstić information content (AvgIpc) is 2.74. The highest BCUT2D eigenvalue weighted by Crippen LogP contribution is 2.10. The van der Waals surface area contributed by atoms with Crippen molar-refractivity contribution in [3.05, 3.63) is 29.6 Å². The van der Waals surface area contributed by atoms with Gasteiger partial charge in [0.05, 0.1) is 12.2 Å². The van der Waals surface area contributed by atoms with Crippen molar-refractivity contribution < 1.29 is 0 Å². The molecule has 2 heterocycles. The molecule has 1 aliphatic heterocycles.